The Kier molecular flexibility index (Phi) is 3.61. The molecule has 0 aliphatic carbocycles. The van der Waals surface area contributed by atoms with E-state index in [-0.39, 0.29) is 11.3 Å². The summed E-state index contributed by atoms with van der Waals surface area (Å²) in [4.78, 5) is 21.1. The van der Waals surface area contributed by atoms with Gasteiger partial charge in [0.1, 0.15) is 0 Å². The van der Waals surface area contributed by atoms with E-state index < -0.39 is 5.97 Å². The number of nitrogens with zero attached hydrogens (tertiary/aromatic N) is 3. The lowest BCUT2D eigenvalue weighted by Gasteiger charge is -2.20. The number of aromatic carboxylic acids is 1. The number of carboxylic acid groups (broad SMARTS) is 1. The molecule has 0 fully saturated rings. The van der Waals surface area contributed by atoms with E-state index >= 15 is 0 Å². The zero-order valence-corrected chi connectivity index (χ0v) is 10.4. The van der Waals surface area contributed by atoms with Crippen molar-refractivity contribution in [3.63, 3.8) is 0 Å². The third kappa shape index (κ3) is 2.79. The molecule has 0 radical (unpaired) electrons. The average molecular weight is 258 g/mol. The first-order chi connectivity index (χ1) is 9.09. The minimum atomic E-state index is -1.06. The molecule has 0 aliphatic rings. The number of anilines is 2. The van der Waals surface area contributed by atoms with Gasteiger partial charge in [0.2, 0.25) is 0 Å². The molecule has 6 heteroatoms. The number of nitrogens with two attached hydrogens (primary N) is 1. The molecule has 0 aliphatic heterocycles. The van der Waals surface area contributed by atoms with Crippen molar-refractivity contribution in [2.24, 2.45) is 0 Å². The first kappa shape index (κ1) is 12.8. The number of pyridine rings is 2. The van der Waals surface area contributed by atoms with E-state index in [0.29, 0.717) is 12.4 Å². The summed E-state index contributed by atoms with van der Waals surface area (Å²) in [6.07, 6.45) is 3.14. The van der Waals surface area contributed by atoms with Gasteiger partial charge in [-0.05, 0) is 18.2 Å². The molecule has 2 aromatic heterocycles. The molecule has 2 aromatic rings. The van der Waals surface area contributed by atoms with Crippen molar-refractivity contribution in [3.8, 4) is 0 Å². The third-order valence-corrected chi connectivity index (χ3v) is 2.69. The van der Waals surface area contributed by atoms with Gasteiger partial charge in [0.25, 0.3) is 0 Å². The molecule has 98 valence electrons. The van der Waals surface area contributed by atoms with Gasteiger partial charge in [-0.15, -0.1) is 0 Å². The lowest BCUT2D eigenvalue weighted by atomic mass is 10.2. The van der Waals surface area contributed by atoms with Crippen LogP contribution in [-0.4, -0.2) is 28.1 Å². The topological polar surface area (TPSA) is 92.3 Å². The smallest absolute Gasteiger partial charge is 0.337 e. The minimum absolute atomic E-state index is 0.0536. The maximum atomic E-state index is 11.0. The molecular formula is C13H14N4O2. The Morgan fingerprint density at radius 1 is 1.32 bits per heavy atom. The highest BCUT2D eigenvalue weighted by Gasteiger charge is 2.15. The highest BCUT2D eigenvalue weighted by atomic mass is 16.4. The van der Waals surface area contributed by atoms with E-state index in [9.17, 15) is 4.79 Å². The summed E-state index contributed by atoms with van der Waals surface area (Å²) in [5, 5.41) is 9.02. The van der Waals surface area contributed by atoms with Crippen LogP contribution in [0.5, 0.6) is 0 Å². The average Bonchev–Trinajstić information content (AvgIpc) is 2.39. The van der Waals surface area contributed by atoms with Crippen molar-refractivity contribution in [2.75, 3.05) is 17.7 Å². The second-order valence-electron chi connectivity index (χ2n) is 4.08. The molecule has 2 rings (SSSR count). The third-order valence-electron chi connectivity index (χ3n) is 2.69. The quantitative estimate of drug-likeness (QED) is 0.861. The van der Waals surface area contributed by atoms with Crippen molar-refractivity contribution in [2.45, 2.75) is 6.54 Å². The molecule has 2 heterocycles. The van der Waals surface area contributed by atoms with Gasteiger partial charge in [0, 0.05) is 19.4 Å². The van der Waals surface area contributed by atoms with Crippen LogP contribution in [-0.2, 0) is 6.54 Å². The maximum absolute atomic E-state index is 11.0. The SMILES string of the molecule is CN(Cc1ccccn1)c1nccc(C(=O)O)c1N. The Bertz CT molecular complexity index is 586. The predicted molar refractivity (Wildman–Crippen MR) is 72.0 cm³/mol. The van der Waals surface area contributed by atoms with Gasteiger partial charge < -0.3 is 15.7 Å². The maximum Gasteiger partial charge on any atom is 0.337 e. The van der Waals surface area contributed by atoms with E-state index in [4.69, 9.17) is 10.8 Å². The molecule has 0 atom stereocenters. The van der Waals surface area contributed by atoms with E-state index in [1.807, 2.05) is 18.2 Å². The molecule has 3 N–H and O–H groups in total. The van der Waals surface area contributed by atoms with Gasteiger partial charge in [0.05, 0.1) is 23.5 Å². The van der Waals surface area contributed by atoms with E-state index in [1.165, 1.54) is 12.3 Å². The van der Waals surface area contributed by atoms with Crippen LogP contribution in [0.4, 0.5) is 11.5 Å². The van der Waals surface area contributed by atoms with Gasteiger partial charge in [-0.1, -0.05) is 6.07 Å². The van der Waals surface area contributed by atoms with Gasteiger partial charge in [-0.3, -0.25) is 4.98 Å². The van der Waals surface area contributed by atoms with Crippen molar-refractivity contribution >= 4 is 17.5 Å². The van der Waals surface area contributed by atoms with Crippen LogP contribution < -0.4 is 10.6 Å². The van der Waals surface area contributed by atoms with Crippen LogP contribution >= 0.6 is 0 Å². The Morgan fingerprint density at radius 3 is 2.74 bits per heavy atom. The normalized spacial score (nSPS) is 10.2. The first-order valence-electron chi connectivity index (χ1n) is 5.68. The fraction of sp³-hybridized carbons (Fsp3) is 0.154. The summed E-state index contributed by atoms with van der Waals surface area (Å²) in [6.45, 7) is 0.501. The number of rotatable bonds is 4. The van der Waals surface area contributed by atoms with Gasteiger partial charge in [-0.2, -0.15) is 0 Å². The second-order valence-corrected chi connectivity index (χ2v) is 4.08. The molecule has 0 saturated heterocycles. The van der Waals surface area contributed by atoms with Crippen LogP contribution in [0, 0.1) is 0 Å². The van der Waals surface area contributed by atoms with Gasteiger partial charge in [0.15, 0.2) is 5.82 Å². The van der Waals surface area contributed by atoms with Crippen LogP contribution in [0.15, 0.2) is 36.7 Å². The Hall–Kier alpha value is -2.63. The zero-order chi connectivity index (χ0) is 13.8. The summed E-state index contributed by atoms with van der Waals surface area (Å²) in [5.74, 6) is -0.627. The molecule has 0 unspecified atom stereocenters. The van der Waals surface area contributed by atoms with Gasteiger partial charge in [-0.25, -0.2) is 9.78 Å². The number of aromatic nitrogens is 2. The largest absolute Gasteiger partial charge is 0.478 e. The van der Waals surface area contributed by atoms with Crippen LogP contribution in [0.3, 0.4) is 0 Å². The number of nitrogen functional groups attached to an aromatic ring is 1. The lowest BCUT2D eigenvalue weighted by Crippen LogP contribution is -2.21. The molecule has 0 bridgehead atoms. The summed E-state index contributed by atoms with van der Waals surface area (Å²) in [5.41, 5.74) is 6.90. The molecule has 19 heavy (non-hydrogen) atoms. The number of hydrogen-bond donors (Lipinski definition) is 2. The first-order valence-corrected chi connectivity index (χ1v) is 5.68. The summed E-state index contributed by atoms with van der Waals surface area (Å²) < 4.78 is 0. The molecule has 0 spiro atoms. The molecule has 0 aromatic carbocycles. The summed E-state index contributed by atoms with van der Waals surface area (Å²) in [6, 6.07) is 6.99. The number of carbonyl (C=O) groups is 1. The lowest BCUT2D eigenvalue weighted by molar-refractivity contribution is 0.0698. The fourth-order valence-electron chi connectivity index (χ4n) is 1.76. The standard InChI is InChI=1S/C13H14N4O2/c1-17(8-9-4-2-3-6-15-9)12-11(14)10(13(18)19)5-7-16-12/h2-7H,8,14H2,1H3,(H,18,19). The summed E-state index contributed by atoms with van der Waals surface area (Å²) in [7, 11) is 1.79. The van der Waals surface area contributed by atoms with Crippen LogP contribution in [0.25, 0.3) is 0 Å². The highest BCUT2D eigenvalue weighted by molar-refractivity contribution is 5.96. The van der Waals surface area contributed by atoms with E-state index in [1.54, 1.807) is 18.1 Å². The number of hydrogen-bond acceptors (Lipinski definition) is 5. The molecule has 6 nitrogen and oxygen atoms in total. The zero-order valence-electron chi connectivity index (χ0n) is 10.4. The Labute approximate surface area is 110 Å². The highest BCUT2D eigenvalue weighted by Crippen LogP contribution is 2.23. The Morgan fingerprint density at radius 2 is 2.11 bits per heavy atom. The summed E-state index contributed by atoms with van der Waals surface area (Å²) >= 11 is 0. The predicted octanol–water partition coefficient (Wildman–Crippen LogP) is 1.39. The monoisotopic (exact) mass is 258 g/mol. The Balaban J connectivity index is 2.27. The molecule has 0 amide bonds. The van der Waals surface area contributed by atoms with Crippen molar-refractivity contribution in [1.82, 2.24) is 9.97 Å². The number of carboxylic acids is 1. The molecular weight excluding hydrogens is 244 g/mol. The van der Waals surface area contributed by atoms with Crippen molar-refractivity contribution in [1.29, 1.82) is 0 Å². The second kappa shape index (κ2) is 5.34. The van der Waals surface area contributed by atoms with Crippen LogP contribution in [0.2, 0.25) is 0 Å². The van der Waals surface area contributed by atoms with E-state index in [2.05, 4.69) is 9.97 Å². The van der Waals surface area contributed by atoms with Crippen LogP contribution in [0.1, 0.15) is 16.1 Å². The van der Waals surface area contributed by atoms with Crippen molar-refractivity contribution < 1.29 is 9.90 Å². The fourth-order valence-corrected chi connectivity index (χ4v) is 1.76. The van der Waals surface area contributed by atoms with Gasteiger partial charge >= 0.3 is 5.97 Å². The molecule has 0 saturated carbocycles. The minimum Gasteiger partial charge on any atom is -0.478 e. The van der Waals surface area contributed by atoms with E-state index in [0.717, 1.165) is 5.69 Å². The van der Waals surface area contributed by atoms with Crippen molar-refractivity contribution in [3.05, 3.63) is 47.9 Å².